The summed E-state index contributed by atoms with van der Waals surface area (Å²) >= 11 is 5.96. The van der Waals surface area contributed by atoms with Gasteiger partial charge in [0.05, 0.1) is 5.92 Å². The van der Waals surface area contributed by atoms with E-state index in [2.05, 4.69) is 10.6 Å². The predicted octanol–water partition coefficient (Wildman–Crippen LogP) is 2.39. The molecule has 1 aliphatic rings. The lowest BCUT2D eigenvalue weighted by atomic mass is 9.98. The minimum atomic E-state index is 0.121. The molecule has 1 amide bonds. The highest BCUT2D eigenvalue weighted by Crippen LogP contribution is 2.13. The van der Waals surface area contributed by atoms with Crippen LogP contribution in [0, 0.1) is 5.92 Å². The summed E-state index contributed by atoms with van der Waals surface area (Å²) in [7, 11) is 0. The fourth-order valence-electron chi connectivity index (χ4n) is 2.50. The number of hydrogen-bond donors (Lipinski definition) is 2. The molecule has 1 saturated heterocycles. The Morgan fingerprint density at radius 3 is 3.11 bits per heavy atom. The van der Waals surface area contributed by atoms with Gasteiger partial charge in [0.1, 0.15) is 0 Å². The number of hydrogen-bond acceptors (Lipinski definition) is 2. The molecule has 19 heavy (non-hydrogen) atoms. The number of halogens is 1. The zero-order chi connectivity index (χ0) is 13.7. The van der Waals surface area contributed by atoms with Gasteiger partial charge >= 0.3 is 0 Å². The molecule has 2 rings (SSSR count). The lowest BCUT2D eigenvalue weighted by molar-refractivity contribution is -0.126. The smallest absolute Gasteiger partial charge is 0.224 e. The van der Waals surface area contributed by atoms with Gasteiger partial charge in [0.25, 0.3) is 0 Å². The maximum atomic E-state index is 12.1. The van der Waals surface area contributed by atoms with Crippen molar-refractivity contribution < 1.29 is 4.79 Å². The molecular formula is C15H21ClN2O. The summed E-state index contributed by atoms with van der Waals surface area (Å²) in [5.74, 6) is 0.289. The summed E-state index contributed by atoms with van der Waals surface area (Å²) in [4.78, 5) is 12.1. The third-order valence-electron chi connectivity index (χ3n) is 3.49. The molecule has 1 aromatic carbocycles. The second-order valence-electron chi connectivity index (χ2n) is 5.29. The van der Waals surface area contributed by atoms with E-state index >= 15 is 0 Å². The van der Waals surface area contributed by atoms with Crippen LogP contribution in [0.25, 0.3) is 0 Å². The second-order valence-corrected chi connectivity index (χ2v) is 5.72. The number of amides is 1. The Hall–Kier alpha value is -1.06. The Labute approximate surface area is 119 Å². The minimum Gasteiger partial charge on any atom is -0.353 e. The number of piperidine rings is 1. The zero-order valence-electron chi connectivity index (χ0n) is 11.3. The molecule has 1 heterocycles. The Morgan fingerprint density at radius 1 is 1.58 bits per heavy atom. The molecule has 0 aromatic heterocycles. The summed E-state index contributed by atoms with van der Waals surface area (Å²) < 4.78 is 0. The van der Waals surface area contributed by atoms with E-state index in [1.54, 1.807) is 0 Å². The van der Waals surface area contributed by atoms with Crippen molar-refractivity contribution in [3.8, 4) is 0 Å². The maximum absolute atomic E-state index is 12.1. The van der Waals surface area contributed by atoms with Gasteiger partial charge in [-0.05, 0) is 50.4 Å². The molecule has 3 nitrogen and oxygen atoms in total. The first-order chi connectivity index (χ1) is 9.15. The van der Waals surface area contributed by atoms with Gasteiger partial charge in [-0.15, -0.1) is 0 Å². The summed E-state index contributed by atoms with van der Waals surface area (Å²) in [6.07, 6.45) is 2.88. The molecule has 2 N–H and O–H groups in total. The van der Waals surface area contributed by atoms with Crippen molar-refractivity contribution in [3.63, 3.8) is 0 Å². The van der Waals surface area contributed by atoms with E-state index in [0.717, 1.165) is 42.9 Å². The lowest BCUT2D eigenvalue weighted by Crippen LogP contribution is -2.44. The SMILES string of the molecule is CC(Cc1cccc(Cl)c1)NC(=O)C1CCCNC1. The Kier molecular flexibility index (Phi) is 5.23. The van der Waals surface area contributed by atoms with Crippen LogP contribution in [0.15, 0.2) is 24.3 Å². The summed E-state index contributed by atoms with van der Waals surface area (Å²) in [5.41, 5.74) is 1.15. The number of rotatable bonds is 4. The van der Waals surface area contributed by atoms with Gasteiger partial charge in [-0.1, -0.05) is 23.7 Å². The molecule has 0 spiro atoms. The summed E-state index contributed by atoms with van der Waals surface area (Å²) in [6.45, 7) is 3.87. The van der Waals surface area contributed by atoms with Crippen LogP contribution in [0.1, 0.15) is 25.3 Å². The molecule has 104 valence electrons. The minimum absolute atomic E-state index is 0.121. The van der Waals surface area contributed by atoms with E-state index in [9.17, 15) is 4.79 Å². The van der Waals surface area contributed by atoms with Crippen LogP contribution >= 0.6 is 11.6 Å². The quantitative estimate of drug-likeness (QED) is 0.889. The van der Waals surface area contributed by atoms with Gasteiger partial charge in [-0.25, -0.2) is 0 Å². The Balaban J connectivity index is 1.83. The van der Waals surface area contributed by atoms with Gasteiger partial charge in [0, 0.05) is 17.6 Å². The molecular weight excluding hydrogens is 260 g/mol. The van der Waals surface area contributed by atoms with Crippen molar-refractivity contribution in [3.05, 3.63) is 34.9 Å². The van der Waals surface area contributed by atoms with E-state index in [1.165, 1.54) is 0 Å². The molecule has 1 aromatic rings. The van der Waals surface area contributed by atoms with Crippen molar-refractivity contribution in [2.45, 2.75) is 32.2 Å². The highest BCUT2D eigenvalue weighted by molar-refractivity contribution is 6.30. The molecule has 0 saturated carbocycles. The third kappa shape index (κ3) is 4.51. The fraction of sp³-hybridized carbons (Fsp3) is 0.533. The first kappa shape index (κ1) is 14.4. The molecule has 2 atom stereocenters. The monoisotopic (exact) mass is 280 g/mol. The van der Waals surface area contributed by atoms with Crippen molar-refractivity contribution in [2.24, 2.45) is 5.92 Å². The summed E-state index contributed by atoms with van der Waals surface area (Å²) in [5, 5.41) is 7.11. The van der Waals surface area contributed by atoms with Crippen LogP contribution in [0.4, 0.5) is 0 Å². The van der Waals surface area contributed by atoms with Crippen LogP contribution in [0.5, 0.6) is 0 Å². The second kappa shape index (κ2) is 6.92. The van der Waals surface area contributed by atoms with Crippen LogP contribution in [-0.4, -0.2) is 25.0 Å². The molecule has 4 heteroatoms. The van der Waals surface area contributed by atoms with Gasteiger partial charge in [0.15, 0.2) is 0 Å². The van der Waals surface area contributed by atoms with Crippen molar-refractivity contribution in [1.29, 1.82) is 0 Å². The Morgan fingerprint density at radius 2 is 2.42 bits per heavy atom. The third-order valence-corrected chi connectivity index (χ3v) is 3.72. The zero-order valence-corrected chi connectivity index (χ0v) is 12.0. The average Bonchev–Trinajstić information content (AvgIpc) is 2.39. The predicted molar refractivity (Wildman–Crippen MR) is 78.4 cm³/mol. The van der Waals surface area contributed by atoms with E-state index in [1.807, 2.05) is 31.2 Å². The highest BCUT2D eigenvalue weighted by atomic mass is 35.5. The van der Waals surface area contributed by atoms with Gasteiger partial charge in [-0.2, -0.15) is 0 Å². The van der Waals surface area contributed by atoms with Crippen molar-refractivity contribution >= 4 is 17.5 Å². The summed E-state index contributed by atoms with van der Waals surface area (Å²) in [6, 6.07) is 7.93. The van der Waals surface area contributed by atoms with Crippen LogP contribution < -0.4 is 10.6 Å². The van der Waals surface area contributed by atoms with E-state index in [0.29, 0.717) is 0 Å². The molecule has 1 aliphatic heterocycles. The van der Waals surface area contributed by atoms with Crippen molar-refractivity contribution in [2.75, 3.05) is 13.1 Å². The van der Waals surface area contributed by atoms with E-state index < -0.39 is 0 Å². The van der Waals surface area contributed by atoms with E-state index in [-0.39, 0.29) is 17.9 Å². The van der Waals surface area contributed by atoms with Gasteiger partial charge in [0.2, 0.25) is 5.91 Å². The topological polar surface area (TPSA) is 41.1 Å². The van der Waals surface area contributed by atoms with E-state index in [4.69, 9.17) is 11.6 Å². The fourth-order valence-corrected chi connectivity index (χ4v) is 2.72. The highest BCUT2D eigenvalue weighted by Gasteiger charge is 2.21. The van der Waals surface area contributed by atoms with Crippen LogP contribution in [0.2, 0.25) is 5.02 Å². The first-order valence-corrected chi connectivity index (χ1v) is 7.28. The lowest BCUT2D eigenvalue weighted by Gasteiger charge is -2.24. The average molecular weight is 281 g/mol. The molecule has 0 bridgehead atoms. The molecule has 0 aliphatic carbocycles. The largest absolute Gasteiger partial charge is 0.353 e. The number of benzene rings is 1. The molecule has 2 unspecified atom stereocenters. The number of carbonyl (C=O) groups is 1. The van der Waals surface area contributed by atoms with Crippen LogP contribution in [-0.2, 0) is 11.2 Å². The normalized spacial score (nSPS) is 20.8. The standard InChI is InChI=1S/C15H21ClN2O/c1-11(8-12-4-2-6-14(16)9-12)18-15(19)13-5-3-7-17-10-13/h2,4,6,9,11,13,17H,3,5,7-8,10H2,1H3,(H,18,19). The van der Waals surface area contributed by atoms with Crippen molar-refractivity contribution in [1.82, 2.24) is 10.6 Å². The molecule has 0 radical (unpaired) electrons. The number of nitrogens with one attached hydrogen (secondary N) is 2. The first-order valence-electron chi connectivity index (χ1n) is 6.90. The number of carbonyl (C=O) groups excluding carboxylic acids is 1. The van der Waals surface area contributed by atoms with Gasteiger partial charge in [-0.3, -0.25) is 4.79 Å². The van der Waals surface area contributed by atoms with Crippen LogP contribution in [0.3, 0.4) is 0 Å². The molecule has 1 fully saturated rings. The maximum Gasteiger partial charge on any atom is 0.224 e. The Bertz CT molecular complexity index is 430. The van der Waals surface area contributed by atoms with Gasteiger partial charge < -0.3 is 10.6 Å².